The van der Waals surface area contributed by atoms with Gasteiger partial charge in [0.1, 0.15) is 13.6 Å². The van der Waals surface area contributed by atoms with Gasteiger partial charge < -0.3 is 34.6 Å². The van der Waals surface area contributed by atoms with Gasteiger partial charge in [-0.15, -0.1) is 0 Å². The van der Waals surface area contributed by atoms with Crippen LogP contribution < -0.4 is 0 Å². The highest BCUT2D eigenvalue weighted by Crippen LogP contribution is 2.12. The van der Waals surface area contributed by atoms with Gasteiger partial charge in [0.15, 0.2) is 0 Å². The van der Waals surface area contributed by atoms with Crippen LogP contribution in [0.3, 0.4) is 0 Å². The van der Waals surface area contributed by atoms with Crippen LogP contribution in [0.2, 0.25) is 0 Å². The van der Waals surface area contributed by atoms with Crippen LogP contribution in [0.15, 0.2) is 0 Å². The van der Waals surface area contributed by atoms with Crippen molar-refractivity contribution in [1.29, 1.82) is 0 Å². The minimum absolute atomic E-state index is 0.0289. The number of ether oxygens (including phenoxy) is 3. The van der Waals surface area contributed by atoms with E-state index < -0.39 is 25.5 Å². The van der Waals surface area contributed by atoms with Gasteiger partial charge in [0.25, 0.3) is 0 Å². The standard InChI is InChI=1S/C14H26O9/c15-9-22-7-11(1-3-13(17)18)5-21-6-12(8-23-10-16)2-4-14(19)20/h11-12,15-16H,1-10H2,(H,17,18)(H,19,20). The van der Waals surface area contributed by atoms with Gasteiger partial charge in [-0.25, -0.2) is 0 Å². The number of aliphatic hydroxyl groups excluding tert-OH is 2. The van der Waals surface area contributed by atoms with Crippen molar-refractivity contribution >= 4 is 11.9 Å². The first kappa shape index (κ1) is 21.7. The van der Waals surface area contributed by atoms with E-state index in [0.717, 1.165) is 0 Å². The third-order valence-corrected chi connectivity index (χ3v) is 3.13. The molecule has 0 heterocycles. The van der Waals surface area contributed by atoms with E-state index in [2.05, 4.69) is 0 Å². The molecule has 0 radical (unpaired) electrons. The monoisotopic (exact) mass is 338 g/mol. The molecule has 0 saturated heterocycles. The second-order valence-corrected chi connectivity index (χ2v) is 5.13. The van der Waals surface area contributed by atoms with Crippen LogP contribution in [0.25, 0.3) is 0 Å². The van der Waals surface area contributed by atoms with Crippen molar-refractivity contribution in [3.63, 3.8) is 0 Å². The van der Waals surface area contributed by atoms with E-state index in [0.29, 0.717) is 12.8 Å². The van der Waals surface area contributed by atoms with Crippen LogP contribution in [0.1, 0.15) is 25.7 Å². The lowest BCUT2D eigenvalue weighted by molar-refractivity contribution is -0.138. The van der Waals surface area contributed by atoms with Gasteiger partial charge in [0, 0.05) is 24.7 Å². The first-order valence-electron chi connectivity index (χ1n) is 7.38. The van der Waals surface area contributed by atoms with Gasteiger partial charge in [-0.3, -0.25) is 9.59 Å². The minimum atomic E-state index is -0.922. The maximum absolute atomic E-state index is 10.6. The Morgan fingerprint density at radius 1 is 0.696 bits per heavy atom. The second kappa shape index (κ2) is 14.3. The normalized spacial score (nSPS) is 13.7. The number of hydrogen-bond donors (Lipinski definition) is 4. The van der Waals surface area contributed by atoms with Gasteiger partial charge in [-0.1, -0.05) is 0 Å². The molecule has 0 amide bonds. The lowest BCUT2D eigenvalue weighted by Gasteiger charge is -2.19. The molecule has 0 fully saturated rings. The topological polar surface area (TPSA) is 143 Å². The van der Waals surface area contributed by atoms with Gasteiger partial charge >= 0.3 is 11.9 Å². The van der Waals surface area contributed by atoms with Crippen molar-refractivity contribution < 1.29 is 44.2 Å². The van der Waals surface area contributed by atoms with Crippen molar-refractivity contribution in [1.82, 2.24) is 0 Å². The average molecular weight is 338 g/mol. The molecule has 4 N–H and O–H groups in total. The summed E-state index contributed by atoms with van der Waals surface area (Å²) in [5.74, 6) is -2.21. The summed E-state index contributed by atoms with van der Waals surface area (Å²) in [6.07, 6.45) is 0.641. The molecule has 0 rings (SSSR count). The Morgan fingerprint density at radius 3 is 1.35 bits per heavy atom. The molecular formula is C14H26O9. The lowest BCUT2D eigenvalue weighted by atomic mass is 10.0. The van der Waals surface area contributed by atoms with Crippen LogP contribution in [-0.4, -0.2) is 72.4 Å². The number of aliphatic hydroxyl groups is 2. The molecular weight excluding hydrogens is 312 g/mol. The molecule has 0 aliphatic rings. The smallest absolute Gasteiger partial charge is 0.303 e. The molecule has 0 aromatic carbocycles. The zero-order valence-electron chi connectivity index (χ0n) is 13.1. The highest BCUT2D eigenvalue weighted by molar-refractivity contribution is 5.66. The van der Waals surface area contributed by atoms with E-state index in [1.165, 1.54) is 0 Å². The summed E-state index contributed by atoms with van der Waals surface area (Å²) < 4.78 is 15.3. The molecule has 0 aliphatic heterocycles. The van der Waals surface area contributed by atoms with Crippen molar-refractivity contribution in [2.75, 3.05) is 40.0 Å². The molecule has 9 nitrogen and oxygen atoms in total. The van der Waals surface area contributed by atoms with Crippen LogP contribution in [0.5, 0.6) is 0 Å². The molecule has 2 atom stereocenters. The molecule has 0 aromatic heterocycles. The molecule has 0 spiro atoms. The summed E-state index contributed by atoms with van der Waals surface area (Å²) in [4.78, 5) is 21.2. The van der Waals surface area contributed by atoms with E-state index >= 15 is 0 Å². The third-order valence-electron chi connectivity index (χ3n) is 3.13. The van der Waals surface area contributed by atoms with Crippen LogP contribution in [0.4, 0.5) is 0 Å². The van der Waals surface area contributed by atoms with Gasteiger partial charge in [-0.05, 0) is 12.8 Å². The fourth-order valence-corrected chi connectivity index (χ4v) is 1.92. The quantitative estimate of drug-likeness (QED) is 0.284. The summed E-state index contributed by atoms with van der Waals surface area (Å²) in [5.41, 5.74) is 0. The van der Waals surface area contributed by atoms with E-state index in [1.807, 2.05) is 0 Å². The highest BCUT2D eigenvalue weighted by Gasteiger charge is 2.15. The summed E-state index contributed by atoms with van der Waals surface area (Å²) in [6.45, 7) is -0.0797. The van der Waals surface area contributed by atoms with Crippen LogP contribution in [-0.2, 0) is 23.8 Å². The van der Waals surface area contributed by atoms with Crippen molar-refractivity contribution in [3.05, 3.63) is 0 Å². The number of carboxylic acid groups (broad SMARTS) is 2. The Balaban J connectivity index is 4.18. The Bertz CT molecular complexity index is 291. The summed E-state index contributed by atoms with van der Waals surface area (Å²) in [5, 5.41) is 34.7. The highest BCUT2D eigenvalue weighted by atomic mass is 16.6. The maximum Gasteiger partial charge on any atom is 0.303 e. The third kappa shape index (κ3) is 14.1. The Labute approximate surface area is 134 Å². The molecule has 9 heteroatoms. The average Bonchev–Trinajstić information content (AvgIpc) is 2.50. The number of aliphatic carboxylic acids is 2. The molecule has 0 bridgehead atoms. The fraction of sp³-hybridized carbons (Fsp3) is 0.857. The fourth-order valence-electron chi connectivity index (χ4n) is 1.92. The van der Waals surface area contributed by atoms with E-state index in [-0.39, 0.29) is 51.1 Å². The Kier molecular flexibility index (Phi) is 13.6. The Hall–Kier alpha value is -1.26. The van der Waals surface area contributed by atoms with E-state index in [1.54, 1.807) is 0 Å². The van der Waals surface area contributed by atoms with Crippen LogP contribution in [0, 0.1) is 11.8 Å². The van der Waals surface area contributed by atoms with Crippen molar-refractivity contribution in [3.8, 4) is 0 Å². The zero-order chi connectivity index (χ0) is 17.5. The lowest BCUT2D eigenvalue weighted by Crippen LogP contribution is -2.23. The molecule has 0 saturated carbocycles. The summed E-state index contributed by atoms with van der Waals surface area (Å²) in [6, 6.07) is 0. The summed E-state index contributed by atoms with van der Waals surface area (Å²) >= 11 is 0. The zero-order valence-corrected chi connectivity index (χ0v) is 13.1. The summed E-state index contributed by atoms with van der Waals surface area (Å²) in [7, 11) is 0. The first-order chi connectivity index (χ1) is 11.0. The SMILES string of the molecule is O=C(O)CCC(COCO)COCC(CCC(=O)O)COCO. The van der Waals surface area contributed by atoms with Gasteiger partial charge in [0.05, 0.1) is 26.4 Å². The van der Waals surface area contributed by atoms with Crippen LogP contribution >= 0.6 is 0 Å². The first-order valence-corrected chi connectivity index (χ1v) is 7.38. The number of carboxylic acids is 2. The van der Waals surface area contributed by atoms with Crippen molar-refractivity contribution in [2.24, 2.45) is 11.8 Å². The predicted octanol–water partition coefficient (Wildman–Crippen LogP) is -0.102. The molecule has 23 heavy (non-hydrogen) atoms. The largest absolute Gasteiger partial charge is 0.481 e. The molecule has 0 aromatic rings. The predicted molar refractivity (Wildman–Crippen MR) is 77.6 cm³/mol. The van der Waals surface area contributed by atoms with Gasteiger partial charge in [0.2, 0.25) is 0 Å². The van der Waals surface area contributed by atoms with Gasteiger partial charge in [-0.2, -0.15) is 0 Å². The second-order valence-electron chi connectivity index (χ2n) is 5.13. The molecule has 2 unspecified atom stereocenters. The minimum Gasteiger partial charge on any atom is -0.481 e. The molecule has 0 aliphatic carbocycles. The number of rotatable bonds is 16. The maximum atomic E-state index is 10.6. The van der Waals surface area contributed by atoms with Crippen molar-refractivity contribution in [2.45, 2.75) is 25.7 Å². The number of carbonyl (C=O) groups is 2. The van der Waals surface area contributed by atoms with E-state index in [4.69, 9.17) is 34.6 Å². The molecule has 136 valence electrons. The Morgan fingerprint density at radius 2 is 1.04 bits per heavy atom. The van der Waals surface area contributed by atoms with E-state index in [9.17, 15) is 9.59 Å². The number of hydrogen-bond acceptors (Lipinski definition) is 7.